The van der Waals surface area contributed by atoms with Gasteiger partial charge >= 0.3 is 0 Å². The van der Waals surface area contributed by atoms with E-state index in [1.165, 1.54) is 16.3 Å². The van der Waals surface area contributed by atoms with E-state index >= 15 is 0 Å². The first-order valence-corrected chi connectivity index (χ1v) is 6.03. The van der Waals surface area contributed by atoms with E-state index in [2.05, 4.69) is 61.3 Å². The molecule has 0 heterocycles. The Labute approximate surface area is 103 Å². The Morgan fingerprint density at radius 2 is 1.88 bits per heavy atom. The summed E-state index contributed by atoms with van der Waals surface area (Å²) in [4.78, 5) is 0. The van der Waals surface area contributed by atoms with Gasteiger partial charge in [-0.3, -0.25) is 0 Å². The zero-order valence-electron chi connectivity index (χ0n) is 10.5. The zero-order chi connectivity index (χ0) is 12.3. The van der Waals surface area contributed by atoms with Crippen molar-refractivity contribution in [1.82, 2.24) is 5.32 Å². The van der Waals surface area contributed by atoms with Gasteiger partial charge in [-0.1, -0.05) is 48.6 Å². The Morgan fingerprint density at radius 3 is 2.59 bits per heavy atom. The van der Waals surface area contributed by atoms with Gasteiger partial charge in [0.25, 0.3) is 0 Å². The standard InChI is InChI=1S/C16H19N/c1-12(2)11-17-13(3)15-9-8-14-6-4-5-7-16(14)10-15/h4-10,13,17H,1,11H2,2-3H3. The SMILES string of the molecule is C=C(C)CNC(C)c1ccc2ccccc2c1. The van der Waals surface area contributed by atoms with Gasteiger partial charge in [0.15, 0.2) is 0 Å². The lowest BCUT2D eigenvalue weighted by Crippen LogP contribution is -2.20. The van der Waals surface area contributed by atoms with Gasteiger partial charge in [-0.05, 0) is 36.2 Å². The van der Waals surface area contributed by atoms with Crippen LogP contribution in [0.15, 0.2) is 54.6 Å². The average Bonchev–Trinajstić information content (AvgIpc) is 2.35. The van der Waals surface area contributed by atoms with Crippen LogP contribution in [0.2, 0.25) is 0 Å². The van der Waals surface area contributed by atoms with Crippen LogP contribution in [0.3, 0.4) is 0 Å². The van der Waals surface area contributed by atoms with Gasteiger partial charge in [-0.2, -0.15) is 0 Å². The molecule has 0 aliphatic carbocycles. The van der Waals surface area contributed by atoms with E-state index in [9.17, 15) is 0 Å². The summed E-state index contributed by atoms with van der Waals surface area (Å²) in [5.41, 5.74) is 2.49. The lowest BCUT2D eigenvalue weighted by molar-refractivity contribution is 0.608. The van der Waals surface area contributed by atoms with E-state index in [0.29, 0.717) is 6.04 Å². The van der Waals surface area contributed by atoms with Gasteiger partial charge < -0.3 is 5.32 Å². The van der Waals surface area contributed by atoms with Crippen molar-refractivity contribution in [1.29, 1.82) is 0 Å². The highest BCUT2D eigenvalue weighted by Crippen LogP contribution is 2.20. The summed E-state index contributed by atoms with van der Waals surface area (Å²) in [5, 5.41) is 6.06. The molecule has 2 aromatic rings. The molecule has 0 aliphatic rings. The van der Waals surface area contributed by atoms with E-state index in [1.54, 1.807) is 0 Å². The van der Waals surface area contributed by atoms with Crippen LogP contribution >= 0.6 is 0 Å². The van der Waals surface area contributed by atoms with Gasteiger partial charge in [0.05, 0.1) is 0 Å². The van der Waals surface area contributed by atoms with Gasteiger partial charge in [-0.15, -0.1) is 0 Å². The molecule has 1 atom stereocenters. The van der Waals surface area contributed by atoms with Gasteiger partial charge in [0.2, 0.25) is 0 Å². The highest BCUT2D eigenvalue weighted by atomic mass is 14.9. The summed E-state index contributed by atoms with van der Waals surface area (Å²) < 4.78 is 0. The Bertz CT molecular complexity index is 528. The lowest BCUT2D eigenvalue weighted by atomic mass is 10.0. The number of rotatable bonds is 4. The number of hydrogen-bond donors (Lipinski definition) is 1. The molecule has 1 nitrogen and oxygen atoms in total. The predicted molar refractivity (Wildman–Crippen MR) is 75.2 cm³/mol. The zero-order valence-corrected chi connectivity index (χ0v) is 10.5. The van der Waals surface area contributed by atoms with E-state index in [0.717, 1.165) is 12.1 Å². The molecule has 1 heteroatoms. The molecule has 0 radical (unpaired) electrons. The van der Waals surface area contributed by atoms with Crippen molar-refractivity contribution >= 4 is 10.8 Å². The van der Waals surface area contributed by atoms with E-state index in [4.69, 9.17) is 0 Å². The normalized spacial score (nSPS) is 12.6. The summed E-state index contributed by atoms with van der Waals surface area (Å²) in [6.45, 7) is 9.01. The molecular weight excluding hydrogens is 206 g/mol. The third kappa shape index (κ3) is 2.95. The summed E-state index contributed by atoms with van der Waals surface area (Å²) in [7, 11) is 0. The maximum atomic E-state index is 3.91. The lowest BCUT2D eigenvalue weighted by Gasteiger charge is -2.15. The molecule has 0 saturated heterocycles. The maximum absolute atomic E-state index is 3.91. The molecule has 1 unspecified atom stereocenters. The fourth-order valence-corrected chi connectivity index (χ4v) is 1.92. The molecule has 0 spiro atoms. The van der Waals surface area contributed by atoms with Crippen LogP contribution < -0.4 is 5.32 Å². The Morgan fingerprint density at radius 1 is 1.18 bits per heavy atom. The third-order valence-corrected chi connectivity index (χ3v) is 2.98. The number of fused-ring (bicyclic) bond motifs is 1. The van der Waals surface area contributed by atoms with Crippen molar-refractivity contribution in [2.24, 2.45) is 0 Å². The molecule has 2 rings (SSSR count). The van der Waals surface area contributed by atoms with E-state index in [-0.39, 0.29) is 0 Å². The van der Waals surface area contributed by atoms with Crippen LogP contribution in [-0.2, 0) is 0 Å². The van der Waals surface area contributed by atoms with Crippen molar-refractivity contribution in [3.8, 4) is 0 Å². The molecule has 0 fully saturated rings. The minimum absolute atomic E-state index is 0.358. The Hall–Kier alpha value is -1.60. The van der Waals surface area contributed by atoms with E-state index in [1.807, 2.05) is 6.92 Å². The molecule has 0 amide bonds. The topological polar surface area (TPSA) is 12.0 Å². The second-order valence-electron chi connectivity index (χ2n) is 4.67. The summed E-state index contributed by atoms with van der Waals surface area (Å²) in [5.74, 6) is 0. The molecule has 2 aromatic carbocycles. The van der Waals surface area contributed by atoms with Gasteiger partial charge in [-0.25, -0.2) is 0 Å². The van der Waals surface area contributed by atoms with Gasteiger partial charge in [0.1, 0.15) is 0 Å². The van der Waals surface area contributed by atoms with Crippen molar-refractivity contribution in [3.05, 3.63) is 60.2 Å². The molecule has 0 saturated carbocycles. The van der Waals surface area contributed by atoms with Crippen molar-refractivity contribution < 1.29 is 0 Å². The van der Waals surface area contributed by atoms with Crippen LogP contribution in [0.4, 0.5) is 0 Å². The summed E-state index contributed by atoms with van der Waals surface area (Å²) in [6, 6.07) is 15.4. The molecule has 0 aromatic heterocycles. The Kier molecular flexibility index (Phi) is 3.60. The fourth-order valence-electron chi connectivity index (χ4n) is 1.92. The van der Waals surface area contributed by atoms with Crippen LogP contribution in [0.5, 0.6) is 0 Å². The highest BCUT2D eigenvalue weighted by molar-refractivity contribution is 5.83. The first-order valence-electron chi connectivity index (χ1n) is 6.03. The molecule has 88 valence electrons. The van der Waals surface area contributed by atoms with Crippen molar-refractivity contribution in [2.45, 2.75) is 19.9 Å². The fraction of sp³-hybridized carbons (Fsp3) is 0.250. The third-order valence-electron chi connectivity index (χ3n) is 2.98. The van der Waals surface area contributed by atoms with Gasteiger partial charge in [0, 0.05) is 12.6 Å². The molecule has 0 aliphatic heterocycles. The number of hydrogen-bond acceptors (Lipinski definition) is 1. The Balaban J connectivity index is 2.20. The first kappa shape index (κ1) is 11.9. The van der Waals surface area contributed by atoms with E-state index < -0.39 is 0 Å². The summed E-state index contributed by atoms with van der Waals surface area (Å²) in [6.07, 6.45) is 0. The monoisotopic (exact) mass is 225 g/mol. The second kappa shape index (κ2) is 5.15. The van der Waals surface area contributed by atoms with Crippen LogP contribution in [0, 0.1) is 0 Å². The molecule has 0 bridgehead atoms. The minimum atomic E-state index is 0.358. The molecule has 1 N–H and O–H groups in total. The predicted octanol–water partition coefficient (Wildman–Crippen LogP) is 4.07. The van der Waals surface area contributed by atoms with Crippen LogP contribution in [-0.4, -0.2) is 6.54 Å². The van der Waals surface area contributed by atoms with Crippen molar-refractivity contribution in [2.75, 3.05) is 6.54 Å². The first-order chi connectivity index (χ1) is 8.16. The average molecular weight is 225 g/mol. The largest absolute Gasteiger partial charge is 0.306 e. The second-order valence-corrected chi connectivity index (χ2v) is 4.67. The van der Waals surface area contributed by atoms with Crippen molar-refractivity contribution in [3.63, 3.8) is 0 Å². The smallest absolute Gasteiger partial charge is 0.0295 e. The van der Waals surface area contributed by atoms with Crippen LogP contribution in [0.1, 0.15) is 25.5 Å². The van der Waals surface area contributed by atoms with Crippen LogP contribution in [0.25, 0.3) is 10.8 Å². The minimum Gasteiger partial charge on any atom is -0.306 e. The summed E-state index contributed by atoms with van der Waals surface area (Å²) >= 11 is 0. The quantitative estimate of drug-likeness (QED) is 0.773. The molecular formula is C16H19N. The number of benzene rings is 2. The number of nitrogens with one attached hydrogen (secondary N) is 1. The maximum Gasteiger partial charge on any atom is 0.0295 e. The molecule has 17 heavy (non-hydrogen) atoms. The highest BCUT2D eigenvalue weighted by Gasteiger charge is 2.04.